The van der Waals surface area contributed by atoms with Gasteiger partial charge < -0.3 is 15.5 Å². The molecular formula is C23H37ClIN7. The van der Waals surface area contributed by atoms with E-state index in [0.717, 1.165) is 68.9 Å². The molecular weight excluding hydrogens is 537 g/mol. The van der Waals surface area contributed by atoms with Crippen molar-refractivity contribution in [1.29, 1.82) is 0 Å². The van der Waals surface area contributed by atoms with Crippen LogP contribution in [0.3, 0.4) is 0 Å². The summed E-state index contributed by atoms with van der Waals surface area (Å²) in [7, 11) is 1.98. The first-order valence-electron chi connectivity index (χ1n) is 11.2. The highest BCUT2D eigenvalue weighted by Crippen LogP contribution is 2.20. The summed E-state index contributed by atoms with van der Waals surface area (Å²) in [6.07, 6.45) is 1.09. The first kappa shape index (κ1) is 26.7. The average molecular weight is 574 g/mol. The average Bonchev–Trinajstić information content (AvgIpc) is 3.00. The lowest BCUT2D eigenvalue weighted by molar-refractivity contribution is 0.255. The summed E-state index contributed by atoms with van der Waals surface area (Å²) in [6.45, 7) is 14.0. The van der Waals surface area contributed by atoms with Crippen LogP contribution in [-0.4, -0.2) is 66.5 Å². The minimum atomic E-state index is 0. The molecule has 2 N–H and O–H groups in total. The minimum absolute atomic E-state index is 0. The molecule has 0 radical (unpaired) electrons. The van der Waals surface area contributed by atoms with E-state index in [-0.39, 0.29) is 24.0 Å². The van der Waals surface area contributed by atoms with Crippen molar-refractivity contribution in [2.45, 2.75) is 33.7 Å². The number of anilines is 1. The Morgan fingerprint density at radius 1 is 1.16 bits per heavy atom. The van der Waals surface area contributed by atoms with Gasteiger partial charge >= 0.3 is 0 Å². The predicted octanol–water partition coefficient (Wildman–Crippen LogP) is 3.58. The predicted molar refractivity (Wildman–Crippen MR) is 146 cm³/mol. The molecule has 0 amide bonds. The van der Waals surface area contributed by atoms with Crippen LogP contribution in [0.25, 0.3) is 0 Å². The summed E-state index contributed by atoms with van der Waals surface area (Å²) in [5.74, 6) is 0.871. The monoisotopic (exact) mass is 573 g/mol. The van der Waals surface area contributed by atoms with Crippen molar-refractivity contribution >= 4 is 47.2 Å². The summed E-state index contributed by atoms with van der Waals surface area (Å²) in [4.78, 5) is 9.72. The maximum Gasteiger partial charge on any atom is 0.191 e. The fraction of sp³-hybridized carbons (Fsp3) is 0.565. The van der Waals surface area contributed by atoms with E-state index in [1.807, 2.05) is 30.8 Å². The first-order chi connectivity index (χ1) is 15.0. The van der Waals surface area contributed by atoms with Gasteiger partial charge in [-0.1, -0.05) is 17.7 Å². The molecule has 0 atom stereocenters. The van der Waals surface area contributed by atoms with E-state index in [2.05, 4.69) is 51.5 Å². The van der Waals surface area contributed by atoms with Gasteiger partial charge in [0.05, 0.1) is 12.2 Å². The molecule has 1 fully saturated rings. The fourth-order valence-electron chi connectivity index (χ4n) is 3.96. The number of piperazine rings is 1. The molecule has 32 heavy (non-hydrogen) atoms. The third-order valence-corrected chi connectivity index (χ3v) is 6.12. The molecule has 0 saturated carbocycles. The van der Waals surface area contributed by atoms with E-state index in [1.165, 1.54) is 16.9 Å². The highest BCUT2D eigenvalue weighted by molar-refractivity contribution is 14.0. The highest BCUT2D eigenvalue weighted by Gasteiger charge is 2.17. The quantitative estimate of drug-likeness (QED) is 0.219. The zero-order valence-electron chi connectivity index (χ0n) is 19.7. The van der Waals surface area contributed by atoms with Crippen molar-refractivity contribution in [2.24, 2.45) is 12.0 Å². The first-order valence-corrected chi connectivity index (χ1v) is 11.6. The van der Waals surface area contributed by atoms with Gasteiger partial charge in [0.1, 0.15) is 0 Å². The SMILES string of the molecule is CCNC(=NCc1c(C)nn(C)c1C)NCCCN1CCN(c2cccc(Cl)c2)CC1.I. The van der Waals surface area contributed by atoms with Crippen molar-refractivity contribution < 1.29 is 0 Å². The lowest BCUT2D eigenvalue weighted by atomic mass is 10.2. The van der Waals surface area contributed by atoms with Crippen molar-refractivity contribution in [3.63, 3.8) is 0 Å². The second-order valence-electron chi connectivity index (χ2n) is 8.06. The largest absolute Gasteiger partial charge is 0.369 e. The van der Waals surface area contributed by atoms with E-state index >= 15 is 0 Å². The Morgan fingerprint density at radius 2 is 1.91 bits per heavy atom. The van der Waals surface area contributed by atoms with Gasteiger partial charge in [0.15, 0.2) is 5.96 Å². The van der Waals surface area contributed by atoms with Gasteiger partial charge in [-0.2, -0.15) is 5.10 Å². The van der Waals surface area contributed by atoms with E-state index in [9.17, 15) is 0 Å². The number of benzene rings is 1. The van der Waals surface area contributed by atoms with Crippen molar-refractivity contribution in [2.75, 3.05) is 50.7 Å². The Hall–Kier alpha value is -1.52. The van der Waals surface area contributed by atoms with E-state index in [4.69, 9.17) is 16.6 Å². The van der Waals surface area contributed by atoms with Crippen molar-refractivity contribution in [1.82, 2.24) is 25.3 Å². The molecule has 0 aliphatic carbocycles. The lowest BCUT2D eigenvalue weighted by Gasteiger charge is -2.36. The second kappa shape index (κ2) is 13.3. The Bertz CT molecular complexity index is 875. The minimum Gasteiger partial charge on any atom is -0.369 e. The molecule has 0 spiro atoms. The molecule has 1 aromatic carbocycles. The smallest absolute Gasteiger partial charge is 0.191 e. The molecule has 7 nitrogen and oxygen atoms in total. The van der Waals surface area contributed by atoms with Gasteiger partial charge in [-0.15, -0.1) is 24.0 Å². The summed E-state index contributed by atoms with van der Waals surface area (Å²) >= 11 is 6.14. The molecule has 1 aliphatic heterocycles. The maximum atomic E-state index is 6.14. The third kappa shape index (κ3) is 7.52. The van der Waals surface area contributed by atoms with Crippen LogP contribution in [0, 0.1) is 13.8 Å². The van der Waals surface area contributed by atoms with E-state index in [1.54, 1.807) is 0 Å². The van der Waals surface area contributed by atoms with Gasteiger partial charge in [-0.3, -0.25) is 9.58 Å². The van der Waals surface area contributed by atoms with Gasteiger partial charge in [0.2, 0.25) is 0 Å². The van der Waals surface area contributed by atoms with Crippen LogP contribution in [0.2, 0.25) is 5.02 Å². The molecule has 2 heterocycles. The number of hydrogen-bond acceptors (Lipinski definition) is 4. The molecule has 9 heteroatoms. The standard InChI is InChI=1S/C23H36ClN7.HI/c1-5-25-23(27-17-22-18(2)28-29(4)19(22)3)26-10-7-11-30-12-14-31(15-13-30)21-9-6-8-20(24)16-21;/h6,8-9,16H,5,7,10-15,17H2,1-4H3,(H2,25,26,27);1H. The Balaban J connectivity index is 0.00000363. The topological polar surface area (TPSA) is 60.7 Å². The number of rotatable bonds is 8. The molecule has 1 saturated heterocycles. The zero-order chi connectivity index (χ0) is 22.2. The molecule has 1 aromatic heterocycles. The van der Waals surface area contributed by atoms with Crippen LogP contribution < -0.4 is 15.5 Å². The van der Waals surface area contributed by atoms with Crippen molar-refractivity contribution in [3.8, 4) is 0 Å². The molecule has 3 rings (SSSR count). The molecule has 0 unspecified atom stereocenters. The van der Waals surface area contributed by atoms with Gasteiger partial charge in [-0.25, -0.2) is 4.99 Å². The Kier molecular flexibility index (Phi) is 11.1. The number of halogens is 2. The van der Waals surface area contributed by atoms with Crippen LogP contribution >= 0.6 is 35.6 Å². The van der Waals surface area contributed by atoms with Crippen LogP contribution in [0.4, 0.5) is 5.69 Å². The number of guanidine groups is 1. The molecule has 1 aliphatic rings. The summed E-state index contributed by atoms with van der Waals surface area (Å²) in [5, 5.41) is 12.1. The number of aliphatic imine (C=N–C) groups is 1. The fourth-order valence-corrected chi connectivity index (χ4v) is 4.14. The zero-order valence-corrected chi connectivity index (χ0v) is 22.8. The molecule has 178 valence electrons. The highest BCUT2D eigenvalue weighted by atomic mass is 127. The van der Waals surface area contributed by atoms with Crippen LogP contribution in [0.15, 0.2) is 29.3 Å². The normalized spacial score (nSPS) is 14.9. The number of aryl methyl sites for hydroxylation is 2. The Morgan fingerprint density at radius 3 is 2.53 bits per heavy atom. The van der Waals surface area contributed by atoms with Gasteiger partial charge in [0, 0.05) is 68.3 Å². The van der Waals surface area contributed by atoms with Crippen LogP contribution in [0.5, 0.6) is 0 Å². The molecule has 2 aromatic rings. The second-order valence-corrected chi connectivity index (χ2v) is 8.49. The number of nitrogens with zero attached hydrogens (tertiary/aromatic N) is 5. The van der Waals surface area contributed by atoms with Crippen LogP contribution in [0.1, 0.15) is 30.3 Å². The third-order valence-electron chi connectivity index (χ3n) is 5.89. The van der Waals surface area contributed by atoms with Crippen LogP contribution in [-0.2, 0) is 13.6 Å². The maximum absolute atomic E-state index is 6.14. The molecule has 0 bridgehead atoms. The lowest BCUT2D eigenvalue weighted by Crippen LogP contribution is -2.47. The number of hydrogen-bond donors (Lipinski definition) is 2. The van der Waals surface area contributed by atoms with Crippen molar-refractivity contribution in [3.05, 3.63) is 46.2 Å². The summed E-state index contributed by atoms with van der Waals surface area (Å²) in [5.41, 5.74) is 4.65. The summed E-state index contributed by atoms with van der Waals surface area (Å²) in [6, 6.07) is 8.15. The summed E-state index contributed by atoms with van der Waals surface area (Å²) < 4.78 is 1.92. The Labute approximate surface area is 214 Å². The van der Waals surface area contributed by atoms with E-state index < -0.39 is 0 Å². The van der Waals surface area contributed by atoms with Gasteiger partial charge in [0.25, 0.3) is 0 Å². The van der Waals surface area contributed by atoms with E-state index in [0.29, 0.717) is 6.54 Å². The van der Waals surface area contributed by atoms with Gasteiger partial charge in [-0.05, 0) is 51.9 Å². The number of nitrogens with one attached hydrogen (secondary N) is 2. The number of aromatic nitrogens is 2.